The normalized spacial score (nSPS) is 35.6. The lowest BCUT2D eigenvalue weighted by Gasteiger charge is -2.14. The lowest BCUT2D eigenvalue weighted by atomic mass is 10.1. The molecule has 16 heavy (non-hydrogen) atoms. The number of thioether (sulfide) groups is 1. The highest BCUT2D eigenvalue weighted by atomic mass is 32.2. The highest BCUT2D eigenvalue weighted by Crippen LogP contribution is 2.47. The zero-order valence-electron chi connectivity index (χ0n) is 8.18. The Hall–Kier alpha value is -1.05. The van der Waals surface area contributed by atoms with Crippen LogP contribution in [0, 0.1) is 0 Å². The molecule has 3 heterocycles. The summed E-state index contributed by atoms with van der Waals surface area (Å²) in [5.41, 5.74) is -0.357. The van der Waals surface area contributed by atoms with E-state index in [1.54, 1.807) is 10.8 Å². The smallest absolute Gasteiger partial charge is 0.301 e. The monoisotopic (exact) mass is 242 g/mol. The molecule has 0 saturated carbocycles. The molecule has 1 saturated heterocycles. The van der Waals surface area contributed by atoms with Crippen LogP contribution in [0.3, 0.4) is 0 Å². The molecule has 2 aliphatic heterocycles. The topological polar surface area (TPSA) is 84.6 Å². The van der Waals surface area contributed by atoms with E-state index in [-0.39, 0.29) is 28.8 Å². The van der Waals surface area contributed by atoms with Crippen LogP contribution in [-0.2, 0) is 0 Å². The van der Waals surface area contributed by atoms with Crippen molar-refractivity contribution in [3.05, 3.63) is 22.6 Å². The van der Waals surface area contributed by atoms with Crippen LogP contribution >= 0.6 is 11.8 Å². The van der Waals surface area contributed by atoms with E-state index in [9.17, 15) is 9.90 Å². The fourth-order valence-electron chi connectivity index (χ4n) is 2.02. The third-order valence-electron chi connectivity index (χ3n) is 2.81. The average Bonchev–Trinajstić information content (AvgIpc) is 2.75. The molecule has 7 heteroatoms. The minimum absolute atomic E-state index is 0.0921. The van der Waals surface area contributed by atoms with Crippen molar-refractivity contribution in [3.8, 4) is 6.01 Å². The molecule has 86 valence electrons. The van der Waals surface area contributed by atoms with Gasteiger partial charge in [-0.25, -0.2) is 0 Å². The first-order valence-electron chi connectivity index (χ1n) is 4.91. The summed E-state index contributed by atoms with van der Waals surface area (Å²) in [5, 5.41) is 18.6. The van der Waals surface area contributed by atoms with Crippen LogP contribution in [0.2, 0.25) is 0 Å². The summed E-state index contributed by atoms with van der Waals surface area (Å²) < 4.78 is 7.14. The van der Waals surface area contributed by atoms with Gasteiger partial charge in [-0.1, -0.05) is 0 Å². The Morgan fingerprint density at radius 3 is 3.19 bits per heavy atom. The van der Waals surface area contributed by atoms with Gasteiger partial charge < -0.3 is 14.9 Å². The SMILES string of the molecule is O=c1ccn2c(n1)O[C@@H]1[C@H](O)[C@@H](CO)S[C@H]12. The van der Waals surface area contributed by atoms with Gasteiger partial charge in [-0.15, -0.1) is 11.8 Å². The number of aliphatic hydroxyl groups excluding tert-OH is 2. The summed E-state index contributed by atoms with van der Waals surface area (Å²) in [5.74, 6) is 0. The number of rotatable bonds is 1. The minimum atomic E-state index is -0.739. The summed E-state index contributed by atoms with van der Waals surface area (Å²) in [6.07, 6.45) is 0.433. The van der Waals surface area contributed by atoms with E-state index in [0.717, 1.165) is 0 Å². The summed E-state index contributed by atoms with van der Waals surface area (Å²) >= 11 is 1.43. The maximum atomic E-state index is 11.0. The molecule has 0 radical (unpaired) electrons. The van der Waals surface area contributed by atoms with Crippen molar-refractivity contribution in [1.29, 1.82) is 0 Å². The summed E-state index contributed by atoms with van der Waals surface area (Å²) in [7, 11) is 0. The molecule has 0 bridgehead atoms. The molecule has 0 amide bonds. The molecule has 1 fully saturated rings. The fourth-order valence-corrected chi connectivity index (χ4v) is 3.44. The van der Waals surface area contributed by atoms with Crippen molar-refractivity contribution < 1.29 is 14.9 Å². The molecule has 0 spiro atoms. The lowest BCUT2D eigenvalue weighted by Crippen LogP contribution is -2.34. The molecule has 1 aromatic rings. The third kappa shape index (κ3) is 1.28. The first-order chi connectivity index (χ1) is 7.70. The molecule has 6 nitrogen and oxygen atoms in total. The van der Waals surface area contributed by atoms with E-state index >= 15 is 0 Å². The molecule has 2 aliphatic rings. The lowest BCUT2D eigenvalue weighted by molar-refractivity contribution is 0.0437. The predicted octanol–water partition coefficient (Wildman–Crippen LogP) is -1.03. The zero-order chi connectivity index (χ0) is 11.3. The first-order valence-corrected chi connectivity index (χ1v) is 5.85. The van der Waals surface area contributed by atoms with Gasteiger partial charge >= 0.3 is 6.01 Å². The number of hydrogen-bond donors (Lipinski definition) is 2. The van der Waals surface area contributed by atoms with Crippen molar-refractivity contribution in [2.45, 2.75) is 22.8 Å². The number of nitrogens with zero attached hydrogens (tertiary/aromatic N) is 2. The maximum Gasteiger partial charge on any atom is 0.301 e. The van der Waals surface area contributed by atoms with Gasteiger partial charge in [0.2, 0.25) is 0 Å². The maximum absolute atomic E-state index is 11.0. The van der Waals surface area contributed by atoms with Gasteiger partial charge in [-0.3, -0.25) is 9.36 Å². The van der Waals surface area contributed by atoms with Gasteiger partial charge in [0.05, 0.1) is 11.9 Å². The van der Waals surface area contributed by atoms with Crippen LogP contribution in [0.15, 0.2) is 17.1 Å². The number of hydrogen-bond acceptors (Lipinski definition) is 6. The van der Waals surface area contributed by atoms with Gasteiger partial charge in [0.15, 0.2) is 6.10 Å². The van der Waals surface area contributed by atoms with E-state index in [1.807, 2.05) is 0 Å². The Morgan fingerprint density at radius 2 is 2.44 bits per heavy atom. The summed E-state index contributed by atoms with van der Waals surface area (Å²) in [6.45, 7) is -0.0921. The van der Waals surface area contributed by atoms with E-state index < -0.39 is 12.2 Å². The second-order valence-electron chi connectivity index (χ2n) is 3.78. The highest BCUT2D eigenvalue weighted by molar-refractivity contribution is 8.00. The van der Waals surface area contributed by atoms with Crippen molar-refractivity contribution in [1.82, 2.24) is 9.55 Å². The van der Waals surface area contributed by atoms with Crippen LogP contribution < -0.4 is 10.3 Å². The van der Waals surface area contributed by atoms with Gasteiger partial charge in [0.25, 0.3) is 5.56 Å². The Kier molecular flexibility index (Phi) is 2.20. The Balaban J connectivity index is 1.99. The Bertz CT molecular complexity index is 477. The molecular weight excluding hydrogens is 232 g/mol. The van der Waals surface area contributed by atoms with Gasteiger partial charge in [-0.05, 0) is 0 Å². The average molecular weight is 242 g/mol. The number of fused-ring (bicyclic) bond motifs is 3. The zero-order valence-corrected chi connectivity index (χ0v) is 9.00. The van der Waals surface area contributed by atoms with Crippen LogP contribution in [0.1, 0.15) is 5.37 Å². The molecule has 0 unspecified atom stereocenters. The number of aromatic nitrogens is 2. The van der Waals surface area contributed by atoms with Crippen LogP contribution in [0.25, 0.3) is 0 Å². The van der Waals surface area contributed by atoms with E-state index in [0.29, 0.717) is 0 Å². The van der Waals surface area contributed by atoms with Crippen LogP contribution in [0.5, 0.6) is 6.01 Å². The molecule has 3 rings (SSSR count). The molecule has 0 aliphatic carbocycles. The van der Waals surface area contributed by atoms with Crippen molar-refractivity contribution >= 4 is 11.8 Å². The Morgan fingerprint density at radius 1 is 1.62 bits per heavy atom. The molecule has 4 atom stereocenters. The second-order valence-corrected chi connectivity index (χ2v) is 5.14. The van der Waals surface area contributed by atoms with Gasteiger partial charge in [0, 0.05) is 12.3 Å². The van der Waals surface area contributed by atoms with E-state index in [2.05, 4.69) is 4.98 Å². The first kappa shape index (κ1) is 10.1. The fraction of sp³-hybridized carbons (Fsp3) is 0.556. The van der Waals surface area contributed by atoms with Crippen molar-refractivity contribution in [2.75, 3.05) is 6.61 Å². The minimum Gasteiger partial charge on any atom is -0.455 e. The Labute approximate surface area is 94.9 Å². The summed E-state index contributed by atoms with van der Waals surface area (Å²) in [4.78, 5) is 14.8. The number of aliphatic hydroxyl groups is 2. The van der Waals surface area contributed by atoms with Gasteiger partial charge in [0.1, 0.15) is 11.5 Å². The van der Waals surface area contributed by atoms with Gasteiger partial charge in [-0.2, -0.15) is 4.98 Å². The van der Waals surface area contributed by atoms with E-state index in [4.69, 9.17) is 9.84 Å². The molecule has 0 aromatic carbocycles. The highest BCUT2D eigenvalue weighted by Gasteiger charge is 2.50. The molecule has 1 aromatic heterocycles. The second kappa shape index (κ2) is 3.47. The predicted molar refractivity (Wildman–Crippen MR) is 56.4 cm³/mol. The quantitative estimate of drug-likeness (QED) is 0.655. The van der Waals surface area contributed by atoms with E-state index in [1.165, 1.54) is 17.8 Å². The summed E-state index contributed by atoms with van der Waals surface area (Å²) in [6, 6.07) is 1.60. The number of ether oxygens (including phenoxy) is 1. The van der Waals surface area contributed by atoms with Crippen molar-refractivity contribution in [2.24, 2.45) is 0 Å². The standard InChI is InChI=1S/C9H10N2O4S/c12-3-4-6(14)7-8(16-4)11-2-1-5(13)10-9(11)15-7/h1-2,4,6-8,12,14H,3H2/t4-,6-,7-,8-/m1/s1. The molecule has 2 N–H and O–H groups in total. The van der Waals surface area contributed by atoms with Crippen molar-refractivity contribution in [3.63, 3.8) is 0 Å². The largest absolute Gasteiger partial charge is 0.455 e. The third-order valence-corrected chi connectivity index (χ3v) is 4.36. The molecular formula is C9H10N2O4S. The van der Waals surface area contributed by atoms with Crippen LogP contribution in [0.4, 0.5) is 0 Å². The van der Waals surface area contributed by atoms with Crippen LogP contribution in [-0.4, -0.2) is 43.8 Å².